The van der Waals surface area contributed by atoms with Gasteiger partial charge in [0.2, 0.25) is 0 Å². The lowest BCUT2D eigenvalue weighted by molar-refractivity contribution is -0.384. The number of hydrogen-bond donors (Lipinski definition) is 0. The van der Waals surface area contributed by atoms with E-state index in [2.05, 4.69) is 16.8 Å². The van der Waals surface area contributed by atoms with Crippen molar-refractivity contribution in [2.75, 3.05) is 11.4 Å². The second kappa shape index (κ2) is 6.19. The zero-order valence-electron chi connectivity index (χ0n) is 11.0. The molecule has 0 N–H and O–H groups in total. The molecule has 1 aliphatic heterocycles. The predicted octanol–water partition coefficient (Wildman–Crippen LogP) is 3.80. The number of anilines is 1. The molecule has 1 atom stereocenters. The first-order valence-electron chi connectivity index (χ1n) is 6.70. The molecule has 0 radical (unpaired) electrons. The molecule has 1 aromatic heterocycles. The fourth-order valence-electron chi connectivity index (χ4n) is 2.66. The molecule has 19 heavy (non-hydrogen) atoms. The van der Waals surface area contributed by atoms with Gasteiger partial charge >= 0.3 is 0 Å². The predicted molar refractivity (Wildman–Crippen MR) is 75.8 cm³/mol. The van der Waals surface area contributed by atoms with Gasteiger partial charge in [-0.15, -0.1) is 0 Å². The van der Waals surface area contributed by atoms with Crippen LogP contribution in [0.1, 0.15) is 39.0 Å². The fourth-order valence-corrected chi connectivity index (χ4v) is 2.86. The average molecular weight is 284 g/mol. The van der Waals surface area contributed by atoms with Crippen molar-refractivity contribution in [2.45, 2.75) is 45.1 Å². The fraction of sp³-hybridized carbons (Fsp3) is 0.615. The van der Waals surface area contributed by atoms with Crippen molar-refractivity contribution in [3.8, 4) is 0 Å². The second-order valence-corrected chi connectivity index (χ2v) is 5.28. The quantitative estimate of drug-likeness (QED) is 0.479. The topological polar surface area (TPSA) is 59.3 Å². The van der Waals surface area contributed by atoms with Gasteiger partial charge in [0.15, 0.2) is 0 Å². The van der Waals surface area contributed by atoms with Gasteiger partial charge in [-0.1, -0.05) is 24.9 Å². The monoisotopic (exact) mass is 283 g/mol. The minimum absolute atomic E-state index is 0.0100. The van der Waals surface area contributed by atoms with Gasteiger partial charge in [0.1, 0.15) is 11.0 Å². The van der Waals surface area contributed by atoms with Crippen LogP contribution in [0.3, 0.4) is 0 Å². The van der Waals surface area contributed by atoms with E-state index in [1.54, 1.807) is 0 Å². The van der Waals surface area contributed by atoms with Crippen molar-refractivity contribution < 1.29 is 4.92 Å². The molecule has 0 bridgehead atoms. The summed E-state index contributed by atoms with van der Waals surface area (Å²) in [5.74, 6) is 0.636. The lowest BCUT2D eigenvalue weighted by atomic mass is 9.98. The van der Waals surface area contributed by atoms with Crippen LogP contribution < -0.4 is 4.90 Å². The van der Waals surface area contributed by atoms with Gasteiger partial charge in [-0.2, -0.15) is 0 Å². The minimum Gasteiger partial charge on any atom is -0.353 e. The summed E-state index contributed by atoms with van der Waals surface area (Å²) in [7, 11) is 0. The van der Waals surface area contributed by atoms with E-state index in [1.807, 2.05) is 0 Å². The molecule has 2 rings (SSSR count). The van der Waals surface area contributed by atoms with Crippen molar-refractivity contribution in [1.82, 2.24) is 4.98 Å². The molecule has 1 aromatic rings. The van der Waals surface area contributed by atoms with Crippen LogP contribution in [0, 0.1) is 10.1 Å². The number of aromatic nitrogens is 1. The van der Waals surface area contributed by atoms with Crippen molar-refractivity contribution in [1.29, 1.82) is 0 Å². The molecule has 0 saturated carbocycles. The molecule has 0 amide bonds. The number of halogens is 1. The van der Waals surface area contributed by atoms with E-state index >= 15 is 0 Å². The summed E-state index contributed by atoms with van der Waals surface area (Å²) < 4.78 is 0. The van der Waals surface area contributed by atoms with Crippen molar-refractivity contribution in [3.63, 3.8) is 0 Å². The molecule has 0 spiro atoms. The van der Waals surface area contributed by atoms with E-state index in [0.717, 1.165) is 32.2 Å². The Balaban J connectivity index is 2.30. The summed E-state index contributed by atoms with van der Waals surface area (Å²) in [6, 6.07) is 3.24. The Morgan fingerprint density at radius 1 is 1.53 bits per heavy atom. The Kier molecular flexibility index (Phi) is 4.58. The normalized spacial score (nSPS) is 19.5. The average Bonchev–Trinajstić information content (AvgIpc) is 2.39. The number of piperidine rings is 1. The van der Waals surface area contributed by atoms with Crippen molar-refractivity contribution in [2.24, 2.45) is 0 Å². The Morgan fingerprint density at radius 2 is 2.32 bits per heavy atom. The molecule has 0 aromatic carbocycles. The van der Waals surface area contributed by atoms with Crippen LogP contribution in [-0.2, 0) is 0 Å². The van der Waals surface area contributed by atoms with Crippen LogP contribution in [-0.4, -0.2) is 22.5 Å². The van der Waals surface area contributed by atoms with Crippen LogP contribution in [0.4, 0.5) is 11.5 Å². The molecule has 104 valence electrons. The molecular formula is C13H18ClN3O2. The summed E-state index contributed by atoms with van der Waals surface area (Å²) >= 11 is 5.90. The number of nitro groups is 1. The standard InChI is InChI=1S/C13H18ClN3O2/c1-2-5-10-6-3-4-7-16(10)13-9-11(17(18)19)8-12(14)15-13/h8-10H,2-7H2,1H3. The summed E-state index contributed by atoms with van der Waals surface area (Å²) in [5.41, 5.74) is 0.0100. The van der Waals surface area contributed by atoms with Gasteiger partial charge in [-0.3, -0.25) is 10.1 Å². The molecule has 1 unspecified atom stereocenters. The molecule has 1 saturated heterocycles. The van der Waals surface area contributed by atoms with Gasteiger partial charge < -0.3 is 4.90 Å². The maximum Gasteiger partial charge on any atom is 0.276 e. The Labute approximate surface area is 117 Å². The third-order valence-corrected chi connectivity index (χ3v) is 3.71. The van der Waals surface area contributed by atoms with E-state index in [0.29, 0.717) is 11.9 Å². The van der Waals surface area contributed by atoms with Gasteiger partial charge in [-0.05, 0) is 25.7 Å². The zero-order valence-corrected chi connectivity index (χ0v) is 11.8. The van der Waals surface area contributed by atoms with Crippen molar-refractivity contribution >= 4 is 23.1 Å². The largest absolute Gasteiger partial charge is 0.353 e. The Morgan fingerprint density at radius 3 is 3.00 bits per heavy atom. The maximum atomic E-state index is 10.9. The smallest absolute Gasteiger partial charge is 0.276 e. The van der Waals surface area contributed by atoms with Crippen LogP contribution >= 0.6 is 11.6 Å². The molecule has 5 nitrogen and oxygen atoms in total. The van der Waals surface area contributed by atoms with E-state index in [9.17, 15) is 10.1 Å². The summed E-state index contributed by atoms with van der Waals surface area (Å²) in [5, 5.41) is 11.1. The highest BCUT2D eigenvalue weighted by atomic mass is 35.5. The number of pyridine rings is 1. The first kappa shape index (κ1) is 14.1. The lowest BCUT2D eigenvalue weighted by Crippen LogP contribution is -2.40. The van der Waals surface area contributed by atoms with Crippen LogP contribution in [0.15, 0.2) is 12.1 Å². The van der Waals surface area contributed by atoms with Gasteiger partial charge in [0.25, 0.3) is 5.69 Å². The van der Waals surface area contributed by atoms with E-state index in [1.165, 1.54) is 18.6 Å². The van der Waals surface area contributed by atoms with Gasteiger partial charge in [0.05, 0.1) is 17.1 Å². The third kappa shape index (κ3) is 3.35. The molecule has 1 fully saturated rings. The molecule has 1 aliphatic rings. The summed E-state index contributed by atoms with van der Waals surface area (Å²) in [6.07, 6.45) is 5.62. The van der Waals surface area contributed by atoms with E-state index < -0.39 is 4.92 Å². The zero-order chi connectivity index (χ0) is 13.8. The van der Waals surface area contributed by atoms with Gasteiger partial charge in [0, 0.05) is 12.6 Å². The highest BCUT2D eigenvalue weighted by Crippen LogP contribution is 2.29. The third-order valence-electron chi connectivity index (χ3n) is 3.52. The molecule has 6 heteroatoms. The lowest BCUT2D eigenvalue weighted by Gasteiger charge is -2.36. The molecule has 0 aliphatic carbocycles. The second-order valence-electron chi connectivity index (χ2n) is 4.90. The first-order valence-corrected chi connectivity index (χ1v) is 7.08. The summed E-state index contributed by atoms with van der Waals surface area (Å²) in [6.45, 7) is 3.05. The van der Waals surface area contributed by atoms with Gasteiger partial charge in [-0.25, -0.2) is 4.98 Å². The van der Waals surface area contributed by atoms with Crippen molar-refractivity contribution in [3.05, 3.63) is 27.4 Å². The minimum atomic E-state index is -0.421. The highest BCUT2D eigenvalue weighted by molar-refractivity contribution is 6.29. The first-order chi connectivity index (χ1) is 9.11. The number of hydrogen-bond acceptors (Lipinski definition) is 4. The highest BCUT2D eigenvalue weighted by Gasteiger charge is 2.24. The van der Waals surface area contributed by atoms with Crippen LogP contribution in [0.5, 0.6) is 0 Å². The van der Waals surface area contributed by atoms with E-state index in [4.69, 9.17) is 11.6 Å². The van der Waals surface area contributed by atoms with Crippen LogP contribution in [0.25, 0.3) is 0 Å². The number of rotatable bonds is 4. The molecular weight excluding hydrogens is 266 g/mol. The Hall–Kier alpha value is -1.36. The Bertz CT molecular complexity index is 465. The number of nitrogens with zero attached hydrogens (tertiary/aromatic N) is 3. The van der Waals surface area contributed by atoms with E-state index in [-0.39, 0.29) is 10.8 Å². The SMILES string of the molecule is CCCC1CCCCN1c1cc([N+](=O)[O-])cc(Cl)n1. The molecule has 2 heterocycles. The summed E-state index contributed by atoms with van der Waals surface area (Å²) in [4.78, 5) is 16.9. The maximum absolute atomic E-state index is 10.9. The van der Waals surface area contributed by atoms with Crippen LogP contribution in [0.2, 0.25) is 5.15 Å².